The predicted molar refractivity (Wildman–Crippen MR) is 75.0 cm³/mol. The second kappa shape index (κ2) is 5.87. The number of anilines is 1. The Morgan fingerprint density at radius 3 is 2.58 bits per heavy atom. The molecule has 0 radical (unpaired) electrons. The number of amides is 2. The normalized spacial score (nSPS) is 14.0. The van der Waals surface area contributed by atoms with Crippen LogP contribution >= 0.6 is 0 Å². The monoisotopic (exact) mass is 260 g/mol. The molecule has 0 spiro atoms. The van der Waals surface area contributed by atoms with Crippen LogP contribution < -0.4 is 10.2 Å². The summed E-state index contributed by atoms with van der Waals surface area (Å²) in [6.07, 6.45) is 2.52. The molecule has 0 bridgehead atoms. The van der Waals surface area contributed by atoms with E-state index in [1.807, 2.05) is 31.2 Å². The highest BCUT2D eigenvalue weighted by atomic mass is 16.2. The minimum absolute atomic E-state index is 0.0299. The highest BCUT2D eigenvalue weighted by molar-refractivity contribution is 5.93. The third kappa shape index (κ3) is 3.81. The second-order valence-corrected chi connectivity index (χ2v) is 5.05. The molecular weight excluding hydrogens is 240 g/mol. The molecule has 1 aromatic carbocycles. The molecular formula is C15H20N2O2. The first kappa shape index (κ1) is 13.6. The van der Waals surface area contributed by atoms with Crippen molar-refractivity contribution in [1.29, 1.82) is 0 Å². The van der Waals surface area contributed by atoms with E-state index in [-0.39, 0.29) is 11.8 Å². The first-order chi connectivity index (χ1) is 9.08. The third-order valence-corrected chi connectivity index (χ3v) is 3.29. The second-order valence-electron chi connectivity index (χ2n) is 5.05. The number of carbonyl (C=O) groups excluding carboxylic acids is 2. The van der Waals surface area contributed by atoms with E-state index in [1.54, 1.807) is 4.90 Å². The molecule has 1 saturated carbocycles. The van der Waals surface area contributed by atoms with Gasteiger partial charge in [0.2, 0.25) is 11.8 Å². The summed E-state index contributed by atoms with van der Waals surface area (Å²) in [5.41, 5.74) is 1.93. The van der Waals surface area contributed by atoms with Gasteiger partial charge in [-0.1, -0.05) is 18.2 Å². The Morgan fingerprint density at radius 2 is 2.00 bits per heavy atom. The van der Waals surface area contributed by atoms with Gasteiger partial charge in [0, 0.05) is 31.6 Å². The van der Waals surface area contributed by atoms with Gasteiger partial charge in [-0.05, 0) is 31.4 Å². The first-order valence-corrected chi connectivity index (χ1v) is 6.71. The number of hydrogen-bond donors (Lipinski definition) is 1. The summed E-state index contributed by atoms with van der Waals surface area (Å²) in [4.78, 5) is 25.1. The number of nitrogens with zero attached hydrogens (tertiary/aromatic N) is 1. The maximum absolute atomic E-state index is 11.7. The lowest BCUT2D eigenvalue weighted by Gasteiger charge is -2.22. The standard InChI is InChI=1S/C15H20N2O2/c1-11-5-3-4-6-14(11)17(12(2)18)10-9-15(19)16-13-7-8-13/h3-6,13H,7-10H2,1-2H3,(H,16,19). The van der Waals surface area contributed by atoms with E-state index < -0.39 is 0 Å². The van der Waals surface area contributed by atoms with E-state index in [9.17, 15) is 9.59 Å². The van der Waals surface area contributed by atoms with Crippen molar-refractivity contribution in [3.05, 3.63) is 29.8 Å². The van der Waals surface area contributed by atoms with Crippen LogP contribution in [0, 0.1) is 6.92 Å². The average molecular weight is 260 g/mol. The van der Waals surface area contributed by atoms with Crippen LogP contribution in [0.4, 0.5) is 5.69 Å². The number of aryl methyl sites for hydroxylation is 1. The summed E-state index contributed by atoms with van der Waals surface area (Å²) in [5, 5.41) is 2.94. The van der Waals surface area contributed by atoms with E-state index in [0.29, 0.717) is 19.0 Å². The molecule has 4 nitrogen and oxygen atoms in total. The molecule has 1 aromatic rings. The molecule has 0 aromatic heterocycles. The van der Waals surface area contributed by atoms with Crippen LogP contribution in [0.2, 0.25) is 0 Å². The van der Waals surface area contributed by atoms with Crippen LogP contribution in [0.15, 0.2) is 24.3 Å². The van der Waals surface area contributed by atoms with Crippen molar-refractivity contribution in [2.24, 2.45) is 0 Å². The molecule has 4 heteroatoms. The minimum atomic E-state index is -0.0338. The minimum Gasteiger partial charge on any atom is -0.353 e. The zero-order valence-electron chi connectivity index (χ0n) is 11.5. The molecule has 0 unspecified atom stereocenters. The fourth-order valence-corrected chi connectivity index (χ4v) is 2.05. The molecule has 0 atom stereocenters. The molecule has 0 aliphatic heterocycles. The molecule has 0 heterocycles. The molecule has 1 fully saturated rings. The van der Waals surface area contributed by atoms with Gasteiger partial charge >= 0.3 is 0 Å². The fraction of sp³-hybridized carbons (Fsp3) is 0.467. The number of nitrogens with one attached hydrogen (secondary N) is 1. The summed E-state index contributed by atoms with van der Waals surface area (Å²) in [7, 11) is 0. The van der Waals surface area contributed by atoms with E-state index in [4.69, 9.17) is 0 Å². The van der Waals surface area contributed by atoms with Gasteiger partial charge in [-0.2, -0.15) is 0 Å². The van der Waals surface area contributed by atoms with Crippen LogP contribution in [0.25, 0.3) is 0 Å². The van der Waals surface area contributed by atoms with Crippen molar-refractivity contribution in [3.63, 3.8) is 0 Å². The molecule has 2 rings (SSSR count). The summed E-state index contributed by atoms with van der Waals surface area (Å²) < 4.78 is 0. The van der Waals surface area contributed by atoms with Gasteiger partial charge in [-0.3, -0.25) is 9.59 Å². The largest absolute Gasteiger partial charge is 0.353 e. The maximum atomic E-state index is 11.7. The maximum Gasteiger partial charge on any atom is 0.223 e. The zero-order valence-corrected chi connectivity index (χ0v) is 11.5. The lowest BCUT2D eigenvalue weighted by atomic mass is 10.1. The molecule has 1 N–H and O–H groups in total. The van der Waals surface area contributed by atoms with Gasteiger partial charge in [-0.15, -0.1) is 0 Å². The SMILES string of the molecule is CC(=O)N(CCC(=O)NC1CC1)c1ccccc1C. The predicted octanol–water partition coefficient (Wildman–Crippen LogP) is 2.02. The van der Waals surface area contributed by atoms with Crippen molar-refractivity contribution in [2.45, 2.75) is 39.2 Å². The first-order valence-electron chi connectivity index (χ1n) is 6.71. The quantitative estimate of drug-likeness (QED) is 0.880. The molecule has 1 aliphatic carbocycles. The summed E-state index contributed by atoms with van der Waals surface area (Å²) in [5.74, 6) is -0.00384. The topological polar surface area (TPSA) is 49.4 Å². The molecule has 1 aliphatic rings. The summed E-state index contributed by atoms with van der Waals surface area (Å²) in [6.45, 7) is 3.93. The Bertz CT molecular complexity index is 481. The van der Waals surface area contributed by atoms with E-state index in [1.165, 1.54) is 6.92 Å². The van der Waals surface area contributed by atoms with Crippen LogP contribution in [-0.2, 0) is 9.59 Å². The van der Waals surface area contributed by atoms with E-state index in [2.05, 4.69) is 5.32 Å². The number of rotatable bonds is 5. The zero-order chi connectivity index (χ0) is 13.8. The average Bonchev–Trinajstić information content (AvgIpc) is 3.15. The van der Waals surface area contributed by atoms with Gasteiger partial charge in [0.15, 0.2) is 0 Å². The van der Waals surface area contributed by atoms with Crippen molar-refractivity contribution < 1.29 is 9.59 Å². The lowest BCUT2D eigenvalue weighted by Crippen LogP contribution is -2.34. The third-order valence-electron chi connectivity index (χ3n) is 3.29. The van der Waals surface area contributed by atoms with Crippen LogP contribution in [0.3, 0.4) is 0 Å². The molecule has 2 amide bonds. The van der Waals surface area contributed by atoms with Crippen LogP contribution in [0.5, 0.6) is 0 Å². The Balaban J connectivity index is 1.98. The van der Waals surface area contributed by atoms with Gasteiger partial charge in [0.1, 0.15) is 0 Å². The molecule has 102 valence electrons. The molecule has 19 heavy (non-hydrogen) atoms. The van der Waals surface area contributed by atoms with Gasteiger partial charge < -0.3 is 10.2 Å². The van der Waals surface area contributed by atoms with Crippen LogP contribution in [0.1, 0.15) is 31.7 Å². The van der Waals surface area contributed by atoms with Crippen molar-refractivity contribution in [2.75, 3.05) is 11.4 Å². The Morgan fingerprint density at radius 1 is 1.32 bits per heavy atom. The highest BCUT2D eigenvalue weighted by Crippen LogP contribution is 2.21. The number of hydrogen-bond acceptors (Lipinski definition) is 2. The van der Waals surface area contributed by atoms with E-state index in [0.717, 1.165) is 24.1 Å². The van der Waals surface area contributed by atoms with Gasteiger partial charge in [0.25, 0.3) is 0 Å². The van der Waals surface area contributed by atoms with Crippen molar-refractivity contribution in [1.82, 2.24) is 5.32 Å². The Labute approximate surface area is 113 Å². The number of para-hydroxylation sites is 1. The summed E-state index contributed by atoms with van der Waals surface area (Å²) in [6, 6.07) is 8.10. The van der Waals surface area contributed by atoms with Crippen LogP contribution in [-0.4, -0.2) is 24.4 Å². The fourth-order valence-electron chi connectivity index (χ4n) is 2.05. The Hall–Kier alpha value is -1.84. The lowest BCUT2D eigenvalue weighted by molar-refractivity contribution is -0.121. The number of benzene rings is 1. The van der Waals surface area contributed by atoms with Gasteiger partial charge in [-0.25, -0.2) is 0 Å². The van der Waals surface area contributed by atoms with Crippen molar-refractivity contribution >= 4 is 17.5 Å². The smallest absolute Gasteiger partial charge is 0.223 e. The summed E-state index contributed by atoms with van der Waals surface area (Å²) >= 11 is 0. The number of carbonyl (C=O) groups is 2. The molecule has 0 saturated heterocycles. The van der Waals surface area contributed by atoms with Crippen molar-refractivity contribution in [3.8, 4) is 0 Å². The van der Waals surface area contributed by atoms with Gasteiger partial charge in [0.05, 0.1) is 0 Å². The Kier molecular flexibility index (Phi) is 4.20. The van der Waals surface area contributed by atoms with E-state index >= 15 is 0 Å². The highest BCUT2D eigenvalue weighted by Gasteiger charge is 2.23.